The van der Waals surface area contributed by atoms with Crippen LogP contribution in [0.1, 0.15) is 56.4 Å². The third-order valence-corrected chi connectivity index (χ3v) is 4.91. The van der Waals surface area contributed by atoms with E-state index in [9.17, 15) is 5.26 Å². The quantitative estimate of drug-likeness (QED) is 0.783. The molecule has 0 spiro atoms. The van der Waals surface area contributed by atoms with E-state index in [1.54, 1.807) is 19.5 Å². The van der Waals surface area contributed by atoms with Gasteiger partial charge in [-0.3, -0.25) is 9.88 Å². The van der Waals surface area contributed by atoms with E-state index < -0.39 is 0 Å². The molecule has 0 amide bonds. The van der Waals surface area contributed by atoms with Crippen LogP contribution in [0.3, 0.4) is 0 Å². The Morgan fingerprint density at radius 1 is 1.18 bits per heavy atom. The lowest BCUT2D eigenvalue weighted by Gasteiger charge is -2.33. The van der Waals surface area contributed by atoms with Crippen LogP contribution in [0.25, 0.3) is 0 Å². The van der Waals surface area contributed by atoms with Crippen LogP contribution in [0.2, 0.25) is 0 Å². The summed E-state index contributed by atoms with van der Waals surface area (Å²) in [4.78, 5) is 11.2. The number of methoxy groups -OCH3 is 1. The van der Waals surface area contributed by atoms with E-state index >= 15 is 0 Å². The van der Waals surface area contributed by atoms with Crippen molar-refractivity contribution in [2.75, 3.05) is 20.2 Å². The largest absolute Gasteiger partial charge is 0.496 e. The van der Waals surface area contributed by atoms with Crippen molar-refractivity contribution in [1.29, 1.82) is 5.26 Å². The van der Waals surface area contributed by atoms with Crippen LogP contribution in [0, 0.1) is 11.3 Å². The lowest BCUT2D eigenvalue weighted by Crippen LogP contribution is -2.33. The highest BCUT2D eigenvalue weighted by Crippen LogP contribution is 2.37. The number of hydrogen-bond acceptors (Lipinski definition) is 6. The third kappa shape index (κ3) is 4.79. The van der Waals surface area contributed by atoms with Gasteiger partial charge in [-0.1, -0.05) is 6.07 Å². The van der Waals surface area contributed by atoms with E-state index in [4.69, 9.17) is 9.47 Å². The fourth-order valence-electron chi connectivity index (χ4n) is 3.67. The van der Waals surface area contributed by atoms with E-state index in [1.165, 1.54) is 0 Å². The number of nitriles is 1. The molecular weight excluding hydrogens is 352 g/mol. The molecule has 1 aliphatic rings. The molecule has 0 atom stereocenters. The molecular formula is C22H28N4O2. The third-order valence-electron chi connectivity index (χ3n) is 4.91. The minimum atomic E-state index is -0.310. The molecule has 1 aromatic carbocycles. The first kappa shape index (κ1) is 20.1. The van der Waals surface area contributed by atoms with E-state index in [0.717, 1.165) is 42.9 Å². The standard InChI is InChI=1S/C22H28N4O2/c1-22(2,3)28-21-18(24-10-11-25-21)15-26-12-8-16(9-13-26)20-17(14-23)6-5-7-19(20)27-4/h5-7,10-11,16H,8-9,12-13,15H2,1-4H3. The molecule has 1 aromatic heterocycles. The predicted molar refractivity (Wildman–Crippen MR) is 107 cm³/mol. The molecule has 6 nitrogen and oxygen atoms in total. The van der Waals surface area contributed by atoms with Crippen molar-refractivity contribution >= 4 is 0 Å². The molecule has 6 heteroatoms. The van der Waals surface area contributed by atoms with Gasteiger partial charge in [0.1, 0.15) is 17.0 Å². The highest BCUT2D eigenvalue weighted by molar-refractivity contribution is 5.49. The summed E-state index contributed by atoms with van der Waals surface area (Å²) >= 11 is 0. The molecule has 2 aromatic rings. The van der Waals surface area contributed by atoms with Crippen LogP contribution in [0.4, 0.5) is 0 Å². The van der Waals surface area contributed by atoms with Crippen LogP contribution >= 0.6 is 0 Å². The van der Waals surface area contributed by atoms with Crippen molar-refractivity contribution in [3.05, 3.63) is 47.4 Å². The number of aromatic nitrogens is 2. The summed E-state index contributed by atoms with van der Waals surface area (Å²) in [5.74, 6) is 1.75. The molecule has 0 saturated carbocycles. The van der Waals surface area contributed by atoms with Crippen LogP contribution in [-0.2, 0) is 6.54 Å². The maximum Gasteiger partial charge on any atom is 0.237 e. The molecule has 1 fully saturated rings. The summed E-state index contributed by atoms with van der Waals surface area (Å²) in [6.45, 7) is 8.60. The predicted octanol–water partition coefficient (Wildman–Crippen LogP) is 3.91. The van der Waals surface area contributed by atoms with Crippen molar-refractivity contribution in [3.8, 4) is 17.7 Å². The second kappa shape index (κ2) is 8.57. The van der Waals surface area contributed by atoms with Crippen molar-refractivity contribution in [3.63, 3.8) is 0 Å². The Bertz CT molecular complexity index is 846. The first-order valence-corrected chi connectivity index (χ1v) is 9.69. The zero-order valence-corrected chi connectivity index (χ0v) is 17.1. The smallest absolute Gasteiger partial charge is 0.237 e. The normalized spacial score (nSPS) is 15.8. The summed E-state index contributed by atoms with van der Waals surface area (Å²) in [5, 5.41) is 9.49. The Kier molecular flexibility index (Phi) is 6.15. The summed E-state index contributed by atoms with van der Waals surface area (Å²) < 4.78 is 11.5. The average Bonchev–Trinajstić information content (AvgIpc) is 2.68. The topological polar surface area (TPSA) is 71.3 Å². The second-order valence-electron chi connectivity index (χ2n) is 8.11. The van der Waals surface area contributed by atoms with Gasteiger partial charge in [0.05, 0.1) is 18.7 Å². The number of likely N-dealkylation sites (tertiary alicyclic amines) is 1. The van der Waals surface area contributed by atoms with Gasteiger partial charge in [-0.05, 0) is 64.8 Å². The molecule has 28 heavy (non-hydrogen) atoms. The minimum absolute atomic E-state index is 0.310. The zero-order chi connectivity index (χ0) is 20.1. The number of rotatable bonds is 5. The molecule has 2 heterocycles. The van der Waals surface area contributed by atoms with Crippen LogP contribution < -0.4 is 9.47 Å². The summed E-state index contributed by atoms with van der Waals surface area (Å²) in [6.07, 6.45) is 5.34. The molecule has 0 N–H and O–H groups in total. The van der Waals surface area contributed by atoms with E-state index in [2.05, 4.69) is 20.9 Å². The van der Waals surface area contributed by atoms with Crippen molar-refractivity contribution in [2.45, 2.75) is 51.7 Å². The van der Waals surface area contributed by atoms with Crippen molar-refractivity contribution < 1.29 is 9.47 Å². The monoisotopic (exact) mass is 380 g/mol. The highest BCUT2D eigenvalue weighted by atomic mass is 16.5. The zero-order valence-electron chi connectivity index (χ0n) is 17.1. The van der Waals surface area contributed by atoms with Gasteiger partial charge < -0.3 is 9.47 Å². The van der Waals surface area contributed by atoms with Crippen molar-refractivity contribution in [2.24, 2.45) is 0 Å². The van der Waals surface area contributed by atoms with Gasteiger partial charge in [0.2, 0.25) is 5.88 Å². The molecule has 148 valence electrons. The number of benzene rings is 1. The van der Waals surface area contributed by atoms with Gasteiger partial charge in [-0.25, -0.2) is 4.98 Å². The molecule has 0 bridgehead atoms. The number of nitrogens with zero attached hydrogens (tertiary/aromatic N) is 4. The second-order valence-corrected chi connectivity index (χ2v) is 8.11. The SMILES string of the molecule is COc1cccc(C#N)c1C1CCN(Cc2nccnc2OC(C)(C)C)CC1. The lowest BCUT2D eigenvalue weighted by atomic mass is 9.86. The summed E-state index contributed by atoms with van der Waals surface area (Å²) in [6, 6.07) is 8.01. The van der Waals surface area contributed by atoms with Gasteiger partial charge >= 0.3 is 0 Å². The molecule has 0 radical (unpaired) electrons. The lowest BCUT2D eigenvalue weighted by molar-refractivity contribution is 0.117. The number of ether oxygens (including phenoxy) is 2. The Hall–Kier alpha value is -2.65. The fourth-order valence-corrected chi connectivity index (χ4v) is 3.67. The molecule has 0 aliphatic carbocycles. The maximum absolute atomic E-state index is 9.49. The maximum atomic E-state index is 9.49. The Balaban J connectivity index is 1.69. The molecule has 0 unspecified atom stereocenters. The number of piperidine rings is 1. The first-order chi connectivity index (χ1) is 13.4. The summed E-state index contributed by atoms with van der Waals surface area (Å²) in [5.41, 5.74) is 2.32. The molecule has 1 aliphatic heterocycles. The van der Waals surface area contributed by atoms with Gasteiger partial charge in [0.25, 0.3) is 0 Å². The Labute approximate surface area is 167 Å². The Morgan fingerprint density at radius 3 is 2.54 bits per heavy atom. The average molecular weight is 380 g/mol. The summed E-state index contributed by atoms with van der Waals surface area (Å²) in [7, 11) is 1.67. The van der Waals surface area contributed by atoms with Gasteiger partial charge in [-0.2, -0.15) is 5.26 Å². The minimum Gasteiger partial charge on any atom is -0.496 e. The van der Waals surface area contributed by atoms with Crippen LogP contribution in [-0.4, -0.2) is 40.7 Å². The van der Waals surface area contributed by atoms with E-state index in [1.807, 2.05) is 39.0 Å². The van der Waals surface area contributed by atoms with Crippen LogP contribution in [0.5, 0.6) is 11.6 Å². The van der Waals surface area contributed by atoms with Crippen molar-refractivity contribution in [1.82, 2.24) is 14.9 Å². The molecule has 3 rings (SSSR count). The van der Waals surface area contributed by atoms with Crippen LogP contribution in [0.15, 0.2) is 30.6 Å². The van der Waals surface area contributed by atoms with E-state index in [-0.39, 0.29) is 5.60 Å². The van der Waals surface area contributed by atoms with Gasteiger partial charge in [-0.15, -0.1) is 0 Å². The number of hydrogen-bond donors (Lipinski definition) is 0. The van der Waals surface area contributed by atoms with Gasteiger partial charge in [0, 0.05) is 24.5 Å². The highest BCUT2D eigenvalue weighted by Gasteiger charge is 2.26. The van der Waals surface area contributed by atoms with Gasteiger partial charge in [0.15, 0.2) is 0 Å². The first-order valence-electron chi connectivity index (χ1n) is 9.69. The fraction of sp³-hybridized carbons (Fsp3) is 0.500. The van der Waals surface area contributed by atoms with E-state index in [0.29, 0.717) is 23.9 Å². The molecule has 1 saturated heterocycles. The Morgan fingerprint density at radius 2 is 1.89 bits per heavy atom.